The van der Waals surface area contributed by atoms with E-state index < -0.39 is 0 Å². The third-order valence-electron chi connectivity index (χ3n) is 4.02. The summed E-state index contributed by atoms with van der Waals surface area (Å²) in [5.74, 6) is 0.347. The smallest absolute Gasteiger partial charge is 0.304 e. The average Bonchev–Trinajstić information content (AvgIpc) is 2.51. The summed E-state index contributed by atoms with van der Waals surface area (Å²) in [5, 5.41) is 4.13. The lowest BCUT2D eigenvalue weighted by Crippen LogP contribution is -2.39. The Balaban J connectivity index is 2.25. The Labute approximate surface area is 140 Å². The molecule has 1 atom stereocenters. The summed E-state index contributed by atoms with van der Waals surface area (Å²) in [6.07, 6.45) is 0. The Morgan fingerprint density at radius 3 is 2.26 bits per heavy atom. The molecule has 1 N–H and O–H groups in total. The van der Waals surface area contributed by atoms with E-state index in [-0.39, 0.29) is 17.3 Å². The zero-order valence-electron chi connectivity index (χ0n) is 13.8. The van der Waals surface area contributed by atoms with Crippen molar-refractivity contribution in [2.24, 2.45) is 20.0 Å². The van der Waals surface area contributed by atoms with Crippen molar-refractivity contribution in [2.45, 2.75) is 26.4 Å². The van der Waals surface area contributed by atoms with Crippen LogP contribution in [0.4, 0.5) is 0 Å². The molecule has 0 spiro atoms. The molecule has 0 fully saturated rings. The number of hydrogen-bond acceptors (Lipinski definition) is 3. The van der Waals surface area contributed by atoms with E-state index in [1.807, 2.05) is 24.3 Å². The molecule has 0 saturated heterocycles. The molecule has 1 aromatic heterocycles. The molecule has 0 amide bonds. The third-order valence-corrected chi connectivity index (χ3v) is 4.28. The van der Waals surface area contributed by atoms with Crippen molar-refractivity contribution in [1.82, 2.24) is 14.5 Å². The summed E-state index contributed by atoms with van der Waals surface area (Å²) in [5.41, 5.74) is 1.18. The standard InChI is InChI=1S/C17H22ClN3O2/c1-11(2)16(12-5-7-13(18)8-6-12)19-10-14-9-15(22)21(4)17(23)20(14)3/h5-9,11,16,19H,10H2,1-4H3. The number of nitrogens with zero attached hydrogens (tertiary/aromatic N) is 2. The monoisotopic (exact) mass is 335 g/mol. The summed E-state index contributed by atoms with van der Waals surface area (Å²) in [7, 11) is 3.15. The van der Waals surface area contributed by atoms with Crippen LogP contribution < -0.4 is 16.6 Å². The van der Waals surface area contributed by atoms with Crippen LogP contribution in [0.2, 0.25) is 5.02 Å². The number of nitrogens with one attached hydrogen (secondary N) is 1. The van der Waals surface area contributed by atoms with E-state index in [1.165, 1.54) is 17.7 Å². The predicted molar refractivity (Wildman–Crippen MR) is 92.8 cm³/mol. The first-order chi connectivity index (χ1) is 10.8. The van der Waals surface area contributed by atoms with Gasteiger partial charge in [0, 0.05) is 43.5 Å². The molecule has 1 aromatic carbocycles. The van der Waals surface area contributed by atoms with Gasteiger partial charge in [0.25, 0.3) is 5.56 Å². The van der Waals surface area contributed by atoms with Gasteiger partial charge in [0.2, 0.25) is 0 Å². The van der Waals surface area contributed by atoms with Crippen molar-refractivity contribution >= 4 is 11.6 Å². The second-order valence-electron chi connectivity index (χ2n) is 6.03. The van der Waals surface area contributed by atoms with Crippen LogP contribution in [0.1, 0.15) is 31.1 Å². The van der Waals surface area contributed by atoms with Gasteiger partial charge in [-0.15, -0.1) is 0 Å². The summed E-state index contributed by atoms with van der Waals surface area (Å²) in [6.45, 7) is 4.68. The van der Waals surface area contributed by atoms with E-state index in [2.05, 4.69) is 19.2 Å². The Morgan fingerprint density at radius 1 is 1.09 bits per heavy atom. The molecule has 124 valence electrons. The van der Waals surface area contributed by atoms with Crippen molar-refractivity contribution in [3.05, 3.63) is 67.4 Å². The molecule has 2 rings (SSSR count). The van der Waals surface area contributed by atoms with Crippen molar-refractivity contribution in [3.8, 4) is 0 Å². The highest BCUT2D eigenvalue weighted by molar-refractivity contribution is 6.30. The lowest BCUT2D eigenvalue weighted by molar-refractivity contribution is 0.403. The van der Waals surface area contributed by atoms with Gasteiger partial charge >= 0.3 is 5.69 Å². The van der Waals surface area contributed by atoms with Crippen LogP contribution in [0, 0.1) is 5.92 Å². The second kappa shape index (κ2) is 7.15. The van der Waals surface area contributed by atoms with Gasteiger partial charge in [0.05, 0.1) is 0 Å². The lowest BCUT2D eigenvalue weighted by Gasteiger charge is -2.23. The van der Waals surface area contributed by atoms with Gasteiger partial charge in [-0.1, -0.05) is 37.6 Å². The topological polar surface area (TPSA) is 56.0 Å². The maximum atomic E-state index is 12.0. The van der Waals surface area contributed by atoms with Crippen LogP contribution in [0.25, 0.3) is 0 Å². The van der Waals surface area contributed by atoms with Crippen LogP contribution >= 0.6 is 11.6 Å². The molecule has 0 bridgehead atoms. The quantitative estimate of drug-likeness (QED) is 0.911. The Bertz CT molecular complexity index is 791. The zero-order valence-corrected chi connectivity index (χ0v) is 14.6. The largest absolute Gasteiger partial charge is 0.330 e. The molecule has 0 aliphatic carbocycles. The van der Waals surface area contributed by atoms with Gasteiger partial charge in [0.15, 0.2) is 0 Å². The molecule has 5 nitrogen and oxygen atoms in total. The maximum Gasteiger partial charge on any atom is 0.330 e. The van der Waals surface area contributed by atoms with E-state index in [0.717, 1.165) is 10.1 Å². The molecule has 23 heavy (non-hydrogen) atoms. The van der Waals surface area contributed by atoms with Crippen molar-refractivity contribution in [3.63, 3.8) is 0 Å². The zero-order chi connectivity index (χ0) is 17.1. The fraction of sp³-hybridized carbons (Fsp3) is 0.412. The molecule has 0 aliphatic heterocycles. The van der Waals surface area contributed by atoms with Gasteiger partial charge in [-0.3, -0.25) is 13.9 Å². The Hall–Kier alpha value is -1.85. The van der Waals surface area contributed by atoms with E-state index >= 15 is 0 Å². The SMILES string of the molecule is CC(C)C(NCc1cc(=O)n(C)c(=O)n1C)c1ccc(Cl)cc1. The molecule has 1 unspecified atom stereocenters. The first-order valence-electron chi connectivity index (χ1n) is 7.56. The predicted octanol–water partition coefficient (Wildman–Crippen LogP) is 2.22. The number of benzene rings is 1. The second-order valence-corrected chi connectivity index (χ2v) is 6.47. The molecular formula is C17H22ClN3O2. The molecule has 0 aliphatic rings. The highest BCUT2D eigenvalue weighted by Crippen LogP contribution is 2.23. The summed E-state index contributed by atoms with van der Waals surface area (Å²) in [6, 6.07) is 9.30. The first-order valence-corrected chi connectivity index (χ1v) is 7.94. The van der Waals surface area contributed by atoms with Crippen molar-refractivity contribution < 1.29 is 0 Å². The van der Waals surface area contributed by atoms with Crippen molar-refractivity contribution in [1.29, 1.82) is 0 Å². The summed E-state index contributed by atoms with van der Waals surface area (Å²) < 4.78 is 2.59. The van der Waals surface area contributed by atoms with Gasteiger partial charge in [-0.05, 0) is 23.6 Å². The average molecular weight is 336 g/mol. The van der Waals surface area contributed by atoms with Gasteiger partial charge in [0.1, 0.15) is 0 Å². The Kier molecular flexibility index (Phi) is 5.44. The highest BCUT2D eigenvalue weighted by Gasteiger charge is 2.16. The number of rotatable bonds is 5. The Morgan fingerprint density at radius 2 is 1.70 bits per heavy atom. The third kappa shape index (κ3) is 3.92. The minimum Gasteiger partial charge on any atom is -0.304 e. The van der Waals surface area contributed by atoms with E-state index in [9.17, 15) is 9.59 Å². The molecule has 0 saturated carbocycles. The van der Waals surface area contributed by atoms with E-state index in [1.54, 1.807) is 7.05 Å². The van der Waals surface area contributed by atoms with Crippen LogP contribution in [-0.4, -0.2) is 9.13 Å². The van der Waals surface area contributed by atoms with Gasteiger partial charge in [-0.25, -0.2) is 4.79 Å². The van der Waals surface area contributed by atoms with Crippen LogP contribution in [0.3, 0.4) is 0 Å². The van der Waals surface area contributed by atoms with Gasteiger partial charge in [-0.2, -0.15) is 0 Å². The van der Waals surface area contributed by atoms with Crippen LogP contribution in [0.15, 0.2) is 39.9 Å². The minimum absolute atomic E-state index is 0.103. The number of halogens is 1. The van der Waals surface area contributed by atoms with Gasteiger partial charge < -0.3 is 5.32 Å². The van der Waals surface area contributed by atoms with E-state index in [0.29, 0.717) is 23.2 Å². The van der Waals surface area contributed by atoms with Crippen LogP contribution in [-0.2, 0) is 20.6 Å². The number of aromatic nitrogens is 2. The molecule has 2 aromatic rings. The summed E-state index contributed by atoms with van der Waals surface area (Å²) >= 11 is 5.94. The lowest BCUT2D eigenvalue weighted by atomic mass is 9.96. The van der Waals surface area contributed by atoms with Crippen LogP contribution in [0.5, 0.6) is 0 Å². The van der Waals surface area contributed by atoms with E-state index in [4.69, 9.17) is 11.6 Å². The maximum absolute atomic E-state index is 12.0. The number of hydrogen-bond donors (Lipinski definition) is 1. The minimum atomic E-state index is -0.318. The molecular weight excluding hydrogens is 314 g/mol. The molecule has 6 heteroatoms. The normalized spacial score (nSPS) is 12.6. The molecule has 0 radical (unpaired) electrons. The van der Waals surface area contributed by atoms with Crippen molar-refractivity contribution in [2.75, 3.05) is 0 Å². The molecule has 1 heterocycles. The highest BCUT2D eigenvalue weighted by atomic mass is 35.5. The fourth-order valence-corrected chi connectivity index (χ4v) is 2.70. The first kappa shape index (κ1) is 17.5. The summed E-state index contributed by atoms with van der Waals surface area (Å²) in [4.78, 5) is 23.8. The fourth-order valence-electron chi connectivity index (χ4n) is 2.57.